The number of amides is 1. The maximum absolute atomic E-state index is 13.3. The summed E-state index contributed by atoms with van der Waals surface area (Å²) in [6.07, 6.45) is 5.71. The summed E-state index contributed by atoms with van der Waals surface area (Å²) in [6, 6.07) is 14.3. The van der Waals surface area contributed by atoms with Crippen molar-refractivity contribution in [3.8, 4) is 11.1 Å². The van der Waals surface area contributed by atoms with Crippen LogP contribution in [0.3, 0.4) is 0 Å². The Bertz CT molecular complexity index is 976. The number of carbonyl (C=O) groups is 1. The molecule has 1 N–H and O–H groups in total. The van der Waals surface area contributed by atoms with E-state index in [0.717, 1.165) is 40.6 Å². The lowest BCUT2D eigenvalue weighted by molar-refractivity contribution is 0.0929. The zero-order chi connectivity index (χ0) is 18.8. The van der Waals surface area contributed by atoms with E-state index in [1.165, 1.54) is 31.4 Å². The molecule has 0 radical (unpaired) electrons. The highest BCUT2D eigenvalue weighted by Gasteiger charge is 2.19. The van der Waals surface area contributed by atoms with Crippen molar-refractivity contribution >= 4 is 16.8 Å². The van der Waals surface area contributed by atoms with Crippen LogP contribution in [0.5, 0.6) is 0 Å². The van der Waals surface area contributed by atoms with Gasteiger partial charge in [-0.25, -0.2) is 4.39 Å². The molecule has 0 bridgehead atoms. The van der Waals surface area contributed by atoms with E-state index in [1.54, 1.807) is 12.1 Å². The summed E-state index contributed by atoms with van der Waals surface area (Å²) >= 11 is 0. The van der Waals surface area contributed by atoms with Crippen LogP contribution in [0.4, 0.5) is 4.39 Å². The summed E-state index contributed by atoms with van der Waals surface area (Å²) in [5.74, 6) is -0.302. The summed E-state index contributed by atoms with van der Waals surface area (Å²) in [5.41, 5.74) is 4.03. The fraction of sp³-hybridized carbons (Fsp3) is 0.304. The second-order valence-corrected chi connectivity index (χ2v) is 7.33. The highest BCUT2D eigenvalue weighted by atomic mass is 19.1. The molecule has 0 saturated heterocycles. The third-order valence-electron chi connectivity index (χ3n) is 5.31. The average Bonchev–Trinajstić information content (AvgIpc) is 2.68. The number of rotatable bonds is 3. The van der Waals surface area contributed by atoms with Gasteiger partial charge in [0.15, 0.2) is 0 Å². The van der Waals surface area contributed by atoms with Crippen LogP contribution in [0, 0.1) is 12.7 Å². The van der Waals surface area contributed by atoms with E-state index in [-0.39, 0.29) is 17.8 Å². The number of aryl methyl sites for hydroxylation is 1. The lowest BCUT2D eigenvalue weighted by Crippen LogP contribution is -2.36. The summed E-state index contributed by atoms with van der Waals surface area (Å²) in [7, 11) is 0. The van der Waals surface area contributed by atoms with Crippen LogP contribution in [0.1, 0.15) is 48.2 Å². The first kappa shape index (κ1) is 17.7. The lowest BCUT2D eigenvalue weighted by atomic mass is 9.94. The molecule has 2 aromatic carbocycles. The lowest BCUT2D eigenvalue weighted by Gasteiger charge is -2.23. The highest BCUT2D eigenvalue weighted by molar-refractivity contribution is 6.09. The van der Waals surface area contributed by atoms with Gasteiger partial charge in [-0.1, -0.05) is 49.6 Å². The van der Waals surface area contributed by atoms with Crippen LogP contribution >= 0.6 is 0 Å². The Morgan fingerprint density at radius 2 is 1.81 bits per heavy atom. The van der Waals surface area contributed by atoms with Crippen LogP contribution in [0.2, 0.25) is 0 Å². The number of pyridine rings is 1. The van der Waals surface area contributed by atoms with Crippen molar-refractivity contribution in [1.82, 2.24) is 10.3 Å². The molecule has 1 saturated carbocycles. The molecule has 0 unspecified atom stereocenters. The molecule has 1 heterocycles. The Kier molecular flexibility index (Phi) is 4.88. The van der Waals surface area contributed by atoms with Gasteiger partial charge in [0, 0.05) is 22.7 Å². The number of hydrogen-bond acceptors (Lipinski definition) is 2. The van der Waals surface area contributed by atoms with Gasteiger partial charge in [-0.2, -0.15) is 0 Å². The van der Waals surface area contributed by atoms with Gasteiger partial charge in [0.1, 0.15) is 5.82 Å². The molecule has 0 atom stereocenters. The SMILES string of the molecule is Cc1cc(C(=O)NC2CCCCC2)c2cccc(-c3ccc(F)cc3)c2n1. The summed E-state index contributed by atoms with van der Waals surface area (Å²) in [4.78, 5) is 17.7. The normalized spacial score (nSPS) is 15.0. The van der Waals surface area contributed by atoms with E-state index >= 15 is 0 Å². The van der Waals surface area contributed by atoms with E-state index in [1.807, 2.05) is 31.2 Å². The molecule has 1 amide bonds. The van der Waals surface area contributed by atoms with Gasteiger partial charge in [-0.3, -0.25) is 9.78 Å². The highest BCUT2D eigenvalue weighted by Crippen LogP contribution is 2.30. The van der Waals surface area contributed by atoms with Crippen molar-refractivity contribution in [2.45, 2.75) is 45.1 Å². The Morgan fingerprint density at radius 3 is 2.56 bits per heavy atom. The standard InChI is InChI=1S/C23H23FN2O/c1-15-14-21(23(27)26-18-6-3-2-4-7-18)20-9-5-8-19(22(20)25-15)16-10-12-17(24)13-11-16/h5,8-14,18H,2-4,6-7H2,1H3,(H,26,27). The van der Waals surface area contributed by atoms with E-state index in [4.69, 9.17) is 4.98 Å². The predicted molar refractivity (Wildman–Crippen MR) is 106 cm³/mol. The molecule has 0 spiro atoms. The fourth-order valence-corrected chi connectivity index (χ4v) is 3.94. The van der Waals surface area contributed by atoms with E-state index in [0.29, 0.717) is 5.56 Å². The minimum Gasteiger partial charge on any atom is -0.349 e. The van der Waals surface area contributed by atoms with Crippen LogP contribution in [-0.4, -0.2) is 16.9 Å². The first-order valence-electron chi connectivity index (χ1n) is 9.59. The molecule has 4 heteroatoms. The Hall–Kier alpha value is -2.75. The topological polar surface area (TPSA) is 42.0 Å². The van der Waals surface area contributed by atoms with Gasteiger partial charge >= 0.3 is 0 Å². The minimum absolute atomic E-state index is 0.0337. The number of carbonyl (C=O) groups excluding carboxylic acids is 1. The van der Waals surface area contributed by atoms with Gasteiger partial charge in [0.25, 0.3) is 5.91 Å². The van der Waals surface area contributed by atoms with Crippen LogP contribution < -0.4 is 5.32 Å². The number of halogens is 1. The summed E-state index contributed by atoms with van der Waals surface area (Å²) < 4.78 is 13.3. The first-order chi connectivity index (χ1) is 13.1. The van der Waals surface area contributed by atoms with Crippen LogP contribution in [0.15, 0.2) is 48.5 Å². The number of fused-ring (bicyclic) bond motifs is 1. The largest absolute Gasteiger partial charge is 0.349 e. The molecule has 1 aliphatic carbocycles. The second-order valence-electron chi connectivity index (χ2n) is 7.33. The van der Waals surface area contributed by atoms with E-state index in [9.17, 15) is 9.18 Å². The van der Waals surface area contributed by atoms with E-state index < -0.39 is 0 Å². The minimum atomic E-state index is -0.268. The van der Waals surface area contributed by atoms with Crippen LogP contribution in [0.25, 0.3) is 22.0 Å². The molecular formula is C23H23FN2O. The second kappa shape index (κ2) is 7.47. The molecule has 138 valence electrons. The maximum Gasteiger partial charge on any atom is 0.252 e. The Balaban J connectivity index is 1.76. The maximum atomic E-state index is 13.3. The summed E-state index contributed by atoms with van der Waals surface area (Å²) in [6.45, 7) is 1.90. The summed E-state index contributed by atoms with van der Waals surface area (Å²) in [5, 5.41) is 4.03. The first-order valence-corrected chi connectivity index (χ1v) is 9.59. The third-order valence-corrected chi connectivity index (χ3v) is 5.31. The van der Waals surface area contributed by atoms with E-state index in [2.05, 4.69) is 5.32 Å². The quantitative estimate of drug-likeness (QED) is 0.677. The molecule has 4 rings (SSSR count). The molecule has 27 heavy (non-hydrogen) atoms. The van der Waals surface area contributed by atoms with Gasteiger partial charge in [-0.15, -0.1) is 0 Å². The van der Waals surface area contributed by atoms with Crippen molar-refractivity contribution in [1.29, 1.82) is 0 Å². The van der Waals surface area contributed by atoms with Gasteiger partial charge in [0.2, 0.25) is 0 Å². The average molecular weight is 362 g/mol. The monoisotopic (exact) mass is 362 g/mol. The zero-order valence-corrected chi connectivity index (χ0v) is 15.5. The Labute approximate surface area is 158 Å². The molecule has 1 aromatic heterocycles. The molecule has 3 nitrogen and oxygen atoms in total. The van der Waals surface area contributed by atoms with Crippen LogP contribution in [-0.2, 0) is 0 Å². The third kappa shape index (κ3) is 3.70. The zero-order valence-electron chi connectivity index (χ0n) is 15.5. The van der Waals surface area contributed by atoms with Crippen molar-refractivity contribution in [2.75, 3.05) is 0 Å². The van der Waals surface area contributed by atoms with Gasteiger partial charge in [-0.05, 0) is 43.5 Å². The Morgan fingerprint density at radius 1 is 1.07 bits per heavy atom. The molecule has 1 aliphatic rings. The fourth-order valence-electron chi connectivity index (χ4n) is 3.94. The molecule has 3 aromatic rings. The number of nitrogens with zero attached hydrogens (tertiary/aromatic N) is 1. The van der Waals surface area contributed by atoms with Crippen molar-refractivity contribution in [2.24, 2.45) is 0 Å². The van der Waals surface area contributed by atoms with Crippen molar-refractivity contribution < 1.29 is 9.18 Å². The molecule has 1 fully saturated rings. The number of para-hydroxylation sites is 1. The van der Waals surface area contributed by atoms with Crippen molar-refractivity contribution in [3.63, 3.8) is 0 Å². The van der Waals surface area contributed by atoms with Gasteiger partial charge < -0.3 is 5.32 Å². The number of benzene rings is 2. The van der Waals surface area contributed by atoms with Gasteiger partial charge in [0.05, 0.1) is 11.1 Å². The molecular weight excluding hydrogens is 339 g/mol. The number of hydrogen-bond donors (Lipinski definition) is 1. The number of nitrogens with one attached hydrogen (secondary N) is 1. The molecule has 0 aliphatic heterocycles. The van der Waals surface area contributed by atoms with Crippen molar-refractivity contribution in [3.05, 3.63) is 65.6 Å². The number of aromatic nitrogens is 1. The predicted octanol–water partition coefficient (Wildman–Crippen LogP) is 5.41. The smallest absolute Gasteiger partial charge is 0.252 e.